The summed E-state index contributed by atoms with van der Waals surface area (Å²) in [6.45, 7) is 0.446. The van der Waals surface area contributed by atoms with Crippen LogP contribution in [0.1, 0.15) is 17.7 Å². The topological polar surface area (TPSA) is 66.4 Å². The number of carboxylic acid groups (broad SMARTS) is 1. The quantitative estimate of drug-likeness (QED) is 0.826. The van der Waals surface area contributed by atoms with E-state index in [-0.39, 0.29) is 5.91 Å². The molecule has 1 aliphatic rings. The van der Waals surface area contributed by atoms with Gasteiger partial charge in [0.15, 0.2) is 0 Å². The molecular weight excluding hydrogens is 330 g/mol. The third-order valence-electron chi connectivity index (χ3n) is 3.14. The highest BCUT2D eigenvalue weighted by Crippen LogP contribution is 2.26. The van der Waals surface area contributed by atoms with E-state index in [1.54, 1.807) is 11.3 Å². The summed E-state index contributed by atoms with van der Waals surface area (Å²) < 4.78 is 0.991. The highest BCUT2D eigenvalue weighted by Gasteiger charge is 2.33. The Bertz CT molecular complexity index is 512. The highest BCUT2D eigenvalue weighted by atomic mass is 79.9. The van der Waals surface area contributed by atoms with Gasteiger partial charge in [-0.05, 0) is 34.8 Å². The van der Waals surface area contributed by atoms with Gasteiger partial charge in [0.2, 0.25) is 5.91 Å². The first-order valence-electron chi connectivity index (χ1n) is 5.96. The van der Waals surface area contributed by atoms with Gasteiger partial charge in [-0.1, -0.05) is 12.2 Å². The summed E-state index contributed by atoms with van der Waals surface area (Å²) in [6, 6.07) is 1.94. The van der Waals surface area contributed by atoms with Crippen LogP contribution in [0.25, 0.3) is 0 Å². The lowest BCUT2D eigenvalue weighted by molar-refractivity contribution is -0.147. The normalized spacial score (nSPS) is 22.2. The van der Waals surface area contributed by atoms with Crippen LogP contribution in [0.2, 0.25) is 0 Å². The number of carbonyl (C=O) groups is 2. The van der Waals surface area contributed by atoms with Crippen molar-refractivity contribution in [2.75, 3.05) is 0 Å². The van der Waals surface area contributed by atoms with E-state index < -0.39 is 17.8 Å². The zero-order chi connectivity index (χ0) is 13.8. The van der Waals surface area contributed by atoms with Gasteiger partial charge in [-0.3, -0.25) is 9.59 Å². The van der Waals surface area contributed by atoms with Crippen molar-refractivity contribution < 1.29 is 14.7 Å². The average Bonchev–Trinajstić information content (AvgIpc) is 2.81. The standard InChI is InChI=1S/C13H14BrNO3S/c14-8-5-9(19-7-8)6-15-12(16)10-3-1-2-4-11(10)13(17)18/h1-2,5,7,10-11H,3-4,6H2,(H,15,16)(H,17,18). The van der Waals surface area contributed by atoms with Crippen molar-refractivity contribution in [3.05, 3.63) is 32.9 Å². The second-order valence-corrected chi connectivity index (χ2v) is 6.35. The first-order chi connectivity index (χ1) is 9.08. The van der Waals surface area contributed by atoms with Gasteiger partial charge in [0, 0.05) is 14.7 Å². The van der Waals surface area contributed by atoms with Crippen molar-refractivity contribution in [3.8, 4) is 0 Å². The van der Waals surface area contributed by atoms with Gasteiger partial charge < -0.3 is 10.4 Å². The molecule has 2 N–H and O–H groups in total. The Labute approximate surface area is 123 Å². The molecular formula is C13H14BrNO3S. The Morgan fingerprint density at radius 2 is 2.05 bits per heavy atom. The number of nitrogens with one attached hydrogen (secondary N) is 1. The van der Waals surface area contributed by atoms with E-state index in [0.717, 1.165) is 9.35 Å². The number of amides is 1. The zero-order valence-electron chi connectivity index (χ0n) is 10.1. The van der Waals surface area contributed by atoms with Crippen LogP contribution >= 0.6 is 27.3 Å². The van der Waals surface area contributed by atoms with Gasteiger partial charge in [-0.15, -0.1) is 11.3 Å². The summed E-state index contributed by atoms with van der Waals surface area (Å²) in [5, 5.41) is 13.9. The highest BCUT2D eigenvalue weighted by molar-refractivity contribution is 9.10. The molecule has 1 aromatic rings. The van der Waals surface area contributed by atoms with E-state index in [9.17, 15) is 9.59 Å². The number of hydrogen-bond acceptors (Lipinski definition) is 3. The lowest BCUT2D eigenvalue weighted by Gasteiger charge is -2.24. The summed E-state index contributed by atoms with van der Waals surface area (Å²) in [5.74, 6) is -2.16. The van der Waals surface area contributed by atoms with Gasteiger partial charge in [0.25, 0.3) is 0 Å². The molecule has 0 radical (unpaired) electrons. The van der Waals surface area contributed by atoms with Gasteiger partial charge in [-0.25, -0.2) is 0 Å². The van der Waals surface area contributed by atoms with Crippen LogP contribution in [0.3, 0.4) is 0 Å². The zero-order valence-corrected chi connectivity index (χ0v) is 12.5. The predicted octanol–water partition coefficient (Wildman–Crippen LogP) is 2.79. The van der Waals surface area contributed by atoms with E-state index in [4.69, 9.17) is 5.11 Å². The lowest BCUT2D eigenvalue weighted by Crippen LogP contribution is -2.38. The Morgan fingerprint density at radius 1 is 1.37 bits per heavy atom. The van der Waals surface area contributed by atoms with E-state index in [1.807, 2.05) is 23.6 Å². The molecule has 0 saturated carbocycles. The maximum atomic E-state index is 12.1. The monoisotopic (exact) mass is 343 g/mol. The lowest BCUT2D eigenvalue weighted by atomic mass is 9.82. The van der Waals surface area contributed by atoms with E-state index in [2.05, 4.69) is 21.2 Å². The van der Waals surface area contributed by atoms with Gasteiger partial charge in [0.1, 0.15) is 0 Å². The molecule has 1 aliphatic carbocycles. The van der Waals surface area contributed by atoms with E-state index in [0.29, 0.717) is 19.4 Å². The van der Waals surface area contributed by atoms with Gasteiger partial charge in [-0.2, -0.15) is 0 Å². The molecule has 1 heterocycles. The first kappa shape index (κ1) is 14.3. The minimum absolute atomic E-state index is 0.179. The van der Waals surface area contributed by atoms with Crippen LogP contribution in [0.4, 0.5) is 0 Å². The fourth-order valence-corrected chi connectivity index (χ4v) is 3.52. The van der Waals surface area contributed by atoms with Crippen molar-refractivity contribution in [2.24, 2.45) is 11.8 Å². The molecule has 2 rings (SSSR count). The van der Waals surface area contributed by atoms with Gasteiger partial charge in [0.05, 0.1) is 18.4 Å². The second kappa shape index (κ2) is 6.34. The molecule has 4 nitrogen and oxygen atoms in total. The molecule has 19 heavy (non-hydrogen) atoms. The first-order valence-corrected chi connectivity index (χ1v) is 7.63. The number of carboxylic acids is 1. The molecule has 2 atom stereocenters. The molecule has 0 aromatic carbocycles. The Balaban J connectivity index is 1.95. The summed E-state index contributed by atoms with van der Waals surface area (Å²) in [7, 11) is 0. The van der Waals surface area contributed by atoms with Crippen molar-refractivity contribution in [1.82, 2.24) is 5.32 Å². The molecule has 1 aromatic heterocycles. The minimum Gasteiger partial charge on any atom is -0.481 e. The largest absolute Gasteiger partial charge is 0.481 e. The SMILES string of the molecule is O=C(O)C1CC=CCC1C(=O)NCc1cc(Br)cs1. The number of thiophene rings is 1. The molecule has 1 amide bonds. The maximum Gasteiger partial charge on any atom is 0.307 e. The number of halogens is 1. The Kier molecular flexibility index (Phi) is 4.76. The number of hydrogen-bond donors (Lipinski definition) is 2. The van der Waals surface area contributed by atoms with Crippen LogP contribution in [0.15, 0.2) is 28.1 Å². The molecule has 0 saturated heterocycles. The molecule has 0 bridgehead atoms. The van der Waals surface area contributed by atoms with Crippen molar-refractivity contribution >= 4 is 39.1 Å². The van der Waals surface area contributed by atoms with Crippen molar-refractivity contribution in [3.63, 3.8) is 0 Å². The molecule has 0 spiro atoms. The average molecular weight is 344 g/mol. The maximum absolute atomic E-state index is 12.1. The Hall–Kier alpha value is -1.14. The van der Waals surface area contributed by atoms with Crippen LogP contribution < -0.4 is 5.32 Å². The molecule has 102 valence electrons. The van der Waals surface area contributed by atoms with Crippen molar-refractivity contribution in [2.45, 2.75) is 19.4 Å². The molecule has 0 fully saturated rings. The van der Waals surface area contributed by atoms with Crippen LogP contribution in [0, 0.1) is 11.8 Å². The van der Waals surface area contributed by atoms with Crippen LogP contribution in [-0.2, 0) is 16.1 Å². The molecule has 0 aliphatic heterocycles. The fraction of sp³-hybridized carbons (Fsp3) is 0.385. The van der Waals surface area contributed by atoms with Crippen molar-refractivity contribution in [1.29, 1.82) is 0 Å². The van der Waals surface area contributed by atoms with E-state index >= 15 is 0 Å². The Morgan fingerprint density at radius 3 is 2.63 bits per heavy atom. The molecule has 2 unspecified atom stereocenters. The third kappa shape index (κ3) is 3.67. The van der Waals surface area contributed by atoms with E-state index in [1.165, 1.54) is 0 Å². The summed E-state index contributed by atoms with van der Waals surface area (Å²) in [5.41, 5.74) is 0. The second-order valence-electron chi connectivity index (χ2n) is 4.44. The smallest absolute Gasteiger partial charge is 0.307 e. The fourth-order valence-electron chi connectivity index (χ4n) is 2.13. The predicted molar refractivity (Wildman–Crippen MR) is 76.9 cm³/mol. The third-order valence-corrected chi connectivity index (χ3v) is 4.84. The molecule has 6 heteroatoms. The summed E-state index contributed by atoms with van der Waals surface area (Å²) >= 11 is 4.91. The summed E-state index contributed by atoms with van der Waals surface area (Å²) in [4.78, 5) is 24.2. The van der Waals surface area contributed by atoms with Gasteiger partial charge >= 0.3 is 5.97 Å². The number of rotatable bonds is 4. The number of carbonyl (C=O) groups excluding carboxylic acids is 1. The number of allylic oxidation sites excluding steroid dienone is 2. The van der Waals surface area contributed by atoms with Crippen LogP contribution in [0.5, 0.6) is 0 Å². The minimum atomic E-state index is -0.900. The summed E-state index contributed by atoms with van der Waals surface area (Å²) in [6.07, 6.45) is 4.64. The van der Waals surface area contributed by atoms with Crippen LogP contribution in [-0.4, -0.2) is 17.0 Å². The number of aliphatic carboxylic acids is 1.